The average Bonchev–Trinajstić information content (AvgIpc) is 3.05. The minimum atomic E-state index is -4.61. The monoisotopic (exact) mass is 479 g/mol. The van der Waals surface area contributed by atoms with Gasteiger partial charge in [0.2, 0.25) is 18.2 Å². The molecule has 3 rings (SSSR count). The lowest BCUT2D eigenvalue weighted by Crippen LogP contribution is -2.25. The fourth-order valence-corrected chi connectivity index (χ4v) is 3.06. The van der Waals surface area contributed by atoms with E-state index in [-0.39, 0.29) is 35.3 Å². The van der Waals surface area contributed by atoms with Gasteiger partial charge >= 0.3 is 6.18 Å². The molecule has 0 N–H and O–H groups in total. The third-order valence-corrected chi connectivity index (χ3v) is 4.73. The Hall–Kier alpha value is -2.80. The van der Waals surface area contributed by atoms with Crippen LogP contribution in [0.5, 0.6) is 11.8 Å². The van der Waals surface area contributed by atoms with Crippen molar-refractivity contribution in [3.8, 4) is 23.0 Å². The summed E-state index contributed by atoms with van der Waals surface area (Å²) in [7, 11) is 1.31. The van der Waals surface area contributed by atoms with Gasteiger partial charge in [0.1, 0.15) is 11.3 Å². The Balaban J connectivity index is 2.11. The van der Waals surface area contributed by atoms with E-state index in [0.29, 0.717) is 19.2 Å². The molecule has 13 heteroatoms. The van der Waals surface area contributed by atoms with Gasteiger partial charge in [0.05, 0.1) is 17.7 Å². The van der Waals surface area contributed by atoms with Gasteiger partial charge < -0.3 is 8.92 Å². The lowest BCUT2D eigenvalue weighted by molar-refractivity contribution is -0.137. The van der Waals surface area contributed by atoms with Crippen molar-refractivity contribution in [2.45, 2.75) is 25.9 Å². The van der Waals surface area contributed by atoms with E-state index in [0.717, 1.165) is 27.3 Å². The molecular weight excluding hydrogens is 461 g/mol. The largest absolute Gasteiger partial charge is 0.472 e. The molecule has 0 spiro atoms. The van der Waals surface area contributed by atoms with E-state index in [1.807, 2.05) is 0 Å². The summed E-state index contributed by atoms with van der Waals surface area (Å²) in [5, 5.41) is 0. The van der Waals surface area contributed by atoms with E-state index >= 15 is 0 Å². The normalized spacial score (nSPS) is 12.4. The Morgan fingerprint density at radius 1 is 1.12 bits per heavy atom. The fourth-order valence-electron chi connectivity index (χ4n) is 2.69. The van der Waals surface area contributed by atoms with Gasteiger partial charge in [0, 0.05) is 20.2 Å². The maximum absolute atomic E-state index is 13.2. The molecule has 0 unspecified atom stereocenters. The van der Waals surface area contributed by atoms with Crippen molar-refractivity contribution in [2.75, 3.05) is 13.2 Å². The third-order valence-electron chi connectivity index (χ3n) is 4.17. The molecule has 0 bridgehead atoms. The molecule has 0 aliphatic rings. The lowest BCUT2D eigenvalue weighted by atomic mass is 10.2. The molecule has 0 atom stereocenters. The molecule has 0 fully saturated rings. The summed E-state index contributed by atoms with van der Waals surface area (Å²) in [5.41, 5.74) is -1.62. The van der Waals surface area contributed by atoms with Crippen molar-refractivity contribution in [1.82, 2.24) is 14.0 Å². The molecule has 0 saturated carbocycles. The number of pyridine rings is 2. The number of rotatable bonds is 8. The van der Waals surface area contributed by atoms with Crippen molar-refractivity contribution >= 4 is 18.0 Å². The molecular formula is C19H18F5N3O4S. The minimum Gasteiger partial charge on any atom is -0.472 e. The molecule has 174 valence electrons. The van der Waals surface area contributed by atoms with Crippen LogP contribution in [0.3, 0.4) is 0 Å². The van der Waals surface area contributed by atoms with E-state index in [2.05, 4.69) is 4.98 Å². The highest BCUT2D eigenvalue weighted by molar-refractivity contribution is 7.90. The van der Waals surface area contributed by atoms with E-state index in [1.54, 1.807) is 6.92 Å². The highest BCUT2D eigenvalue weighted by Crippen LogP contribution is 2.35. The molecule has 0 aliphatic heterocycles. The van der Waals surface area contributed by atoms with Crippen LogP contribution in [0.1, 0.15) is 19.4 Å². The van der Waals surface area contributed by atoms with Gasteiger partial charge in [0.15, 0.2) is 12.5 Å². The summed E-state index contributed by atoms with van der Waals surface area (Å²) in [5.74, 6) is -3.39. The Morgan fingerprint density at radius 3 is 2.47 bits per heavy atom. The summed E-state index contributed by atoms with van der Waals surface area (Å²) in [4.78, 5) is 17.1. The van der Waals surface area contributed by atoms with Crippen molar-refractivity contribution < 1.29 is 35.1 Å². The van der Waals surface area contributed by atoms with Gasteiger partial charge in [-0.15, -0.1) is 0 Å². The second-order valence-electron chi connectivity index (χ2n) is 6.78. The molecule has 0 amide bonds. The first kappa shape index (κ1) is 23.9. The molecule has 3 heterocycles. The zero-order chi connectivity index (χ0) is 23.7. The topological polar surface area (TPSA) is 67.0 Å². The van der Waals surface area contributed by atoms with Crippen LogP contribution >= 0.6 is 12.3 Å². The SMILES string of the molecule is CCOSOc1c(-c2ccc(OCC(C)(F)F)n(C)c2=O)nc2ccc(C(F)(F)F)cn12. The summed E-state index contributed by atoms with van der Waals surface area (Å²) in [6.45, 7) is 1.67. The van der Waals surface area contributed by atoms with Crippen LogP contribution in [0.2, 0.25) is 0 Å². The highest BCUT2D eigenvalue weighted by atomic mass is 32.2. The molecule has 3 aromatic heterocycles. The maximum atomic E-state index is 13.2. The van der Waals surface area contributed by atoms with Crippen LogP contribution in [-0.2, 0) is 17.4 Å². The number of alkyl halides is 5. The molecule has 32 heavy (non-hydrogen) atoms. The van der Waals surface area contributed by atoms with Gasteiger partial charge in [0.25, 0.3) is 11.5 Å². The van der Waals surface area contributed by atoms with Crippen LogP contribution in [0, 0.1) is 0 Å². The number of ether oxygens (including phenoxy) is 1. The first-order chi connectivity index (χ1) is 14.9. The Bertz CT molecular complexity index is 1170. The molecule has 0 aliphatic carbocycles. The van der Waals surface area contributed by atoms with Gasteiger partial charge in [-0.3, -0.25) is 17.9 Å². The Morgan fingerprint density at radius 2 is 1.84 bits per heavy atom. The molecule has 3 aromatic rings. The average molecular weight is 479 g/mol. The summed E-state index contributed by atoms with van der Waals surface area (Å²) < 4.78 is 83.2. The lowest BCUT2D eigenvalue weighted by Gasteiger charge is -2.15. The van der Waals surface area contributed by atoms with E-state index in [1.165, 1.54) is 19.2 Å². The summed E-state index contributed by atoms with van der Waals surface area (Å²) >= 11 is 0.513. The zero-order valence-electron chi connectivity index (χ0n) is 17.1. The van der Waals surface area contributed by atoms with Crippen molar-refractivity contribution in [2.24, 2.45) is 7.05 Å². The fraction of sp³-hybridized carbons (Fsp3) is 0.368. The van der Waals surface area contributed by atoms with Crippen LogP contribution in [0.25, 0.3) is 16.9 Å². The van der Waals surface area contributed by atoms with Crippen molar-refractivity contribution in [3.05, 3.63) is 46.4 Å². The van der Waals surface area contributed by atoms with E-state index in [9.17, 15) is 26.7 Å². The number of hydrogen-bond donors (Lipinski definition) is 0. The Labute approximate surface area is 183 Å². The number of halogens is 5. The smallest absolute Gasteiger partial charge is 0.417 e. The highest BCUT2D eigenvalue weighted by Gasteiger charge is 2.32. The number of aromatic nitrogens is 3. The first-order valence-corrected chi connectivity index (χ1v) is 9.85. The second-order valence-corrected chi connectivity index (χ2v) is 7.31. The Kier molecular flexibility index (Phi) is 6.69. The predicted molar refractivity (Wildman–Crippen MR) is 107 cm³/mol. The van der Waals surface area contributed by atoms with Gasteiger partial charge in [-0.2, -0.15) is 13.2 Å². The van der Waals surface area contributed by atoms with Crippen LogP contribution in [-0.4, -0.2) is 33.1 Å². The van der Waals surface area contributed by atoms with Crippen LogP contribution in [0.4, 0.5) is 22.0 Å². The maximum Gasteiger partial charge on any atom is 0.417 e. The van der Waals surface area contributed by atoms with Crippen molar-refractivity contribution in [1.29, 1.82) is 0 Å². The van der Waals surface area contributed by atoms with Gasteiger partial charge in [-0.05, 0) is 31.2 Å². The van der Waals surface area contributed by atoms with E-state index in [4.69, 9.17) is 13.1 Å². The van der Waals surface area contributed by atoms with Crippen LogP contribution in [0.15, 0.2) is 35.3 Å². The molecule has 0 saturated heterocycles. The second kappa shape index (κ2) is 8.98. The number of imidazole rings is 1. The number of fused-ring (bicyclic) bond motifs is 1. The third kappa shape index (κ3) is 5.15. The minimum absolute atomic E-state index is 0.0348. The molecule has 7 nitrogen and oxygen atoms in total. The van der Waals surface area contributed by atoms with Crippen molar-refractivity contribution in [3.63, 3.8) is 0 Å². The number of nitrogens with zero attached hydrogens (tertiary/aromatic N) is 3. The zero-order valence-corrected chi connectivity index (χ0v) is 17.9. The van der Waals surface area contributed by atoms with Crippen LogP contribution < -0.4 is 14.5 Å². The number of hydrogen-bond acceptors (Lipinski definition) is 6. The quantitative estimate of drug-likeness (QED) is 0.264. The van der Waals surface area contributed by atoms with Gasteiger partial charge in [-0.1, -0.05) is 0 Å². The molecule has 0 aromatic carbocycles. The van der Waals surface area contributed by atoms with Gasteiger partial charge in [-0.25, -0.2) is 13.8 Å². The molecule has 0 radical (unpaired) electrons. The van der Waals surface area contributed by atoms with E-state index < -0.39 is 29.8 Å². The first-order valence-electron chi connectivity index (χ1n) is 9.19. The summed E-state index contributed by atoms with van der Waals surface area (Å²) in [6, 6.07) is 4.55. The predicted octanol–water partition coefficient (Wildman–Crippen LogP) is 4.73. The standard InChI is InChI=1S/C19H18F5N3O4S/c1-4-30-32-31-17-15(25-13-7-5-11(9-27(13)17)19(22,23)24)12-6-8-14(26(3)16(12)28)29-10-18(2,20)21/h5-9H,4,10H2,1-3H3. The summed E-state index contributed by atoms with van der Waals surface area (Å²) in [6.07, 6.45) is -3.82.